The van der Waals surface area contributed by atoms with Gasteiger partial charge in [-0.05, 0) is 42.5 Å². The first-order valence-corrected chi connectivity index (χ1v) is 9.12. The Bertz CT molecular complexity index is 615. The Labute approximate surface area is 155 Å². The summed E-state index contributed by atoms with van der Waals surface area (Å²) in [4.78, 5) is 23.5. The summed E-state index contributed by atoms with van der Waals surface area (Å²) in [5, 5.41) is 2.84. The standard InChI is InChI=1S/C21H27NO4/c1-2-14-25-19-11-8-17(9-12-19)10-13-21(24)26-16-20(23)22-15-18-6-4-3-5-7-18/h2,8-13,18H,1,3-7,14-16H2,(H,22,23). The summed E-state index contributed by atoms with van der Waals surface area (Å²) in [7, 11) is 0. The highest BCUT2D eigenvalue weighted by atomic mass is 16.5. The molecule has 0 atom stereocenters. The highest BCUT2D eigenvalue weighted by Gasteiger charge is 2.14. The van der Waals surface area contributed by atoms with Gasteiger partial charge in [-0.3, -0.25) is 4.79 Å². The Kier molecular flexibility index (Phi) is 8.46. The van der Waals surface area contributed by atoms with E-state index in [2.05, 4.69) is 11.9 Å². The molecule has 1 aliphatic carbocycles. The van der Waals surface area contributed by atoms with Crippen LogP contribution < -0.4 is 10.1 Å². The molecule has 0 aromatic heterocycles. The zero-order chi connectivity index (χ0) is 18.6. The number of rotatable bonds is 9. The molecule has 5 heteroatoms. The number of benzene rings is 1. The normalized spacial score (nSPS) is 14.8. The molecule has 1 N–H and O–H groups in total. The second kappa shape index (κ2) is 11.1. The van der Waals surface area contributed by atoms with Crippen LogP contribution in [0.25, 0.3) is 6.08 Å². The van der Waals surface area contributed by atoms with Crippen LogP contribution in [0.5, 0.6) is 5.75 Å². The number of hydrogen-bond donors (Lipinski definition) is 1. The molecule has 1 saturated carbocycles. The quantitative estimate of drug-likeness (QED) is 0.417. The van der Waals surface area contributed by atoms with Crippen molar-refractivity contribution in [2.24, 2.45) is 5.92 Å². The van der Waals surface area contributed by atoms with E-state index in [1.54, 1.807) is 12.2 Å². The second-order valence-corrected chi connectivity index (χ2v) is 6.42. The minimum Gasteiger partial charge on any atom is -0.490 e. The first kappa shape index (κ1) is 19.8. The Hall–Kier alpha value is -2.56. The smallest absolute Gasteiger partial charge is 0.331 e. The highest BCUT2D eigenvalue weighted by Crippen LogP contribution is 2.22. The summed E-state index contributed by atoms with van der Waals surface area (Å²) in [6.07, 6.45) is 10.7. The maximum Gasteiger partial charge on any atom is 0.331 e. The average molecular weight is 357 g/mol. The molecule has 0 saturated heterocycles. The van der Waals surface area contributed by atoms with Crippen molar-refractivity contribution < 1.29 is 19.1 Å². The summed E-state index contributed by atoms with van der Waals surface area (Å²) >= 11 is 0. The molecule has 140 valence electrons. The predicted octanol–water partition coefficient (Wildman–Crippen LogP) is 3.50. The van der Waals surface area contributed by atoms with Crippen LogP contribution in [0.3, 0.4) is 0 Å². The van der Waals surface area contributed by atoms with E-state index in [1.165, 1.54) is 38.2 Å². The van der Waals surface area contributed by atoms with Gasteiger partial charge in [0.1, 0.15) is 12.4 Å². The number of carbonyl (C=O) groups excluding carboxylic acids is 2. The summed E-state index contributed by atoms with van der Waals surface area (Å²) in [5.74, 6) is 0.506. The number of carbonyl (C=O) groups is 2. The van der Waals surface area contributed by atoms with Crippen LogP contribution in [0.1, 0.15) is 37.7 Å². The molecule has 1 fully saturated rings. The van der Waals surface area contributed by atoms with Gasteiger partial charge < -0.3 is 14.8 Å². The monoisotopic (exact) mass is 357 g/mol. The Morgan fingerprint density at radius 2 is 1.88 bits per heavy atom. The molecule has 0 radical (unpaired) electrons. The fraction of sp³-hybridized carbons (Fsp3) is 0.429. The van der Waals surface area contributed by atoms with E-state index in [-0.39, 0.29) is 12.5 Å². The summed E-state index contributed by atoms with van der Waals surface area (Å²) in [5.41, 5.74) is 0.842. The summed E-state index contributed by atoms with van der Waals surface area (Å²) in [6.45, 7) is 4.47. The van der Waals surface area contributed by atoms with Crippen molar-refractivity contribution in [2.75, 3.05) is 19.8 Å². The van der Waals surface area contributed by atoms with Crippen LogP contribution in [0.15, 0.2) is 43.0 Å². The fourth-order valence-electron chi connectivity index (χ4n) is 2.88. The van der Waals surface area contributed by atoms with Crippen molar-refractivity contribution in [2.45, 2.75) is 32.1 Å². The molecule has 2 rings (SSSR count). The maximum absolute atomic E-state index is 11.8. The number of hydrogen-bond acceptors (Lipinski definition) is 4. The zero-order valence-electron chi connectivity index (χ0n) is 15.1. The molecule has 26 heavy (non-hydrogen) atoms. The first-order valence-electron chi connectivity index (χ1n) is 9.12. The molecule has 1 aromatic carbocycles. The van der Waals surface area contributed by atoms with Crippen LogP contribution in [-0.2, 0) is 14.3 Å². The first-order chi connectivity index (χ1) is 12.7. The molecule has 0 bridgehead atoms. The summed E-state index contributed by atoms with van der Waals surface area (Å²) in [6, 6.07) is 7.29. The molecule has 0 unspecified atom stereocenters. The lowest BCUT2D eigenvalue weighted by Gasteiger charge is -2.21. The third-order valence-electron chi connectivity index (χ3n) is 4.32. The number of amides is 1. The lowest BCUT2D eigenvalue weighted by molar-refractivity contribution is -0.143. The number of ether oxygens (including phenoxy) is 2. The highest BCUT2D eigenvalue weighted by molar-refractivity contribution is 5.89. The van der Waals surface area contributed by atoms with Crippen molar-refractivity contribution in [3.05, 3.63) is 48.6 Å². The minimum absolute atomic E-state index is 0.246. The third-order valence-corrected chi connectivity index (χ3v) is 4.32. The maximum atomic E-state index is 11.8. The largest absolute Gasteiger partial charge is 0.490 e. The Balaban J connectivity index is 1.66. The van der Waals surface area contributed by atoms with Gasteiger partial charge in [0.15, 0.2) is 6.61 Å². The van der Waals surface area contributed by atoms with E-state index in [0.29, 0.717) is 19.1 Å². The summed E-state index contributed by atoms with van der Waals surface area (Å²) < 4.78 is 10.4. The molecule has 0 aliphatic heterocycles. The zero-order valence-corrected chi connectivity index (χ0v) is 15.1. The topological polar surface area (TPSA) is 64.6 Å². The molecule has 1 aliphatic rings. The van der Waals surface area contributed by atoms with Gasteiger partial charge in [-0.25, -0.2) is 4.79 Å². The number of esters is 1. The van der Waals surface area contributed by atoms with Crippen LogP contribution in [-0.4, -0.2) is 31.6 Å². The lowest BCUT2D eigenvalue weighted by atomic mass is 9.89. The molecule has 1 aromatic rings. The van der Waals surface area contributed by atoms with Crippen LogP contribution in [0.4, 0.5) is 0 Å². The van der Waals surface area contributed by atoms with E-state index in [4.69, 9.17) is 9.47 Å². The van der Waals surface area contributed by atoms with E-state index < -0.39 is 5.97 Å². The van der Waals surface area contributed by atoms with E-state index in [9.17, 15) is 9.59 Å². The van der Waals surface area contributed by atoms with E-state index in [0.717, 1.165) is 11.3 Å². The van der Waals surface area contributed by atoms with Gasteiger partial charge in [-0.2, -0.15) is 0 Å². The Morgan fingerprint density at radius 3 is 2.58 bits per heavy atom. The van der Waals surface area contributed by atoms with Gasteiger partial charge in [-0.15, -0.1) is 0 Å². The van der Waals surface area contributed by atoms with Crippen molar-refractivity contribution in [1.82, 2.24) is 5.32 Å². The average Bonchev–Trinajstić information content (AvgIpc) is 2.69. The lowest BCUT2D eigenvalue weighted by Crippen LogP contribution is -2.33. The second-order valence-electron chi connectivity index (χ2n) is 6.42. The van der Waals surface area contributed by atoms with Crippen molar-refractivity contribution in [3.63, 3.8) is 0 Å². The number of nitrogens with one attached hydrogen (secondary N) is 1. The van der Waals surface area contributed by atoms with Gasteiger partial charge >= 0.3 is 5.97 Å². The van der Waals surface area contributed by atoms with Gasteiger partial charge in [0.05, 0.1) is 0 Å². The molecule has 5 nitrogen and oxygen atoms in total. The molecular formula is C21H27NO4. The molecule has 1 amide bonds. The van der Waals surface area contributed by atoms with Gasteiger partial charge in [0, 0.05) is 12.6 Å². The van der Waals surface area contributed by atoms with Crippen molar-refractivity contribution >= 4 is 18.0 Å². The van der Waals surface area contributed by atoms with Crippen molar-refractivity contribution in [3.8, 4) is 5.75 Å². The Morgan fingerprint density at radius 1 is 1.15 bits per heavy atom. The van der Waals surface area contributed by atoms with Gasteiger partial charge in [-0.1, -0.05) is 44.1 Å². The van der Waals surface area contributed by atoms with Crippen LogP contribution >= 0.6 is 0 Å². The SMILES string of the molecule is C=CCOc1ccc(C=CC(=O)OCC(=O)NCC2CCCCC2)cc1. The molecular weight excluding hydrogens is 330 g/mol. The third kappa shape index (κ3) is 7.55. The fourth-order valence-corrected chi connectivity index (χ4v) is 2.88. The predicted molar refractivity (Wildman–Crippen MR) is 102 cm³/mol. The minimum atomic E-state index is -0.537. The van der Waals surface area contributed by atoms with E-state index >= 15 is 0 Å². The van der Waals surface area contributed by atoms with Crippen LogP contribution in [0.2, 0.25) is 0 Å². The van der Waals surface area contributed by atoms with E-state index in [1.807, 2.05) is 24.3 Å². The molecule has 0 heterocycles. The van der Waals surface area contributed by atoms with Gasteiger partial charge in [0.25, 0.3) is 5.91 Å². The van der Waals surface area contributed by atoms with Crippen LogP contribution in [0, 0.1) is 5.92 Å². The molecule has 0 spiro atoms. The van der Waals surface area contributed by atoms with Crippen molar-refractivity contribution in [1.29, 1.82) is 0 Å². The van der Waals surface area contributed by atoms with Gasteiger partial charge in [0.2, 0.25) is 0 Å².